The monoisotopic (exact) mass is 339 g/mol. The number of amides is 3. The normalized spacial score (nSPS) is 11.4. The van der Waals surface area contributed by atoms with Crippen LogP contribution in [-0.2, 0) is 0 Å². The molecule has 1 unspecified atom stereocenters. The van der Waals surface area contributed by atoms with Gasteiger partial charge in [0.15, 0.2) is 0 Å². The van der Waals surface area contributed by atoms with Gasteiger partial charge in [0.05, 0.1) is 0 Å². The quantitative estimate of drug-likeness (QED) is 0.719. The van der Waals surface area contributed by atoms with Crippen LogP contribution in [0.25, 0.3) is 0 Å². The minimum absolute atomic E-state index is 0.118. The molecule has 0 aliphatic heterocycles. The summed E-state index contributed by atoms with van der Waals surface area (Å²) in [4.78, 5) is 23.8. The standard InChI is InChI=1S/C20H25N3O2/c1-3-15(16-8-6-5-7-9-16)14-22-20(25)23-18-12-10-17(11-13-18)19(24)21-4-2/h5-13,15H,3-4,14H2,1-2H3,(H,21,24)(H2,22,23,25). The summed E-state index contributed by atoms with van der Waals surface area (Å²) in [7, 11) is 0. The molecule has 5 heteroatoms. The van der Waals surface area contributed by atoms with Gasteiger partial charge in [-0.05, 0) is 43.2 Å². The van der Waals surface area contributed by atoms with Crippen LogP contribution in [0.1, 0.15) is 42.1 Å². The maximum atomic E-state index is 12.1. The number of rotatable bonds is 7. The maximum absolute atomic E-state index is 12.1. The lowest BCUT2D eigenvalue weighted by atomic mass is 9.97. The topological polar surface area (TPSA) is 70.2 Å². The number of anilines is 1. The molecule has 5 nitrogen and oxygen atoms in total. The van der Waals surface area contributed by atoms with Crippen LogP contribution in [0.3, 0.4) is 0 Å². The maximum Gasteiger partial charge on any atom is 0.319 e. The summed E-state index contributed by atoms with van der Waals surface area (Å²) >= 11 is 0. The summed E-state index contributed by atoms with van der Waals surface area (Å²) < 4.78 is 0. The van der Waals surface area contributed by atoms with Crippen molar-refractivity contribution in [1.82, 2.24) is 10.6 Å². The third kappa shape index (κ3) is 5.64. The molecule has 0 aromatic heterocycles. The third-order valence-corrected chi connectivity index (χ3v) is 4.02. The SMILES string of the molecule is CCNC(=O)c1ccc(NC(=O)NCC(CC)c2ccccc2)cc1. The van der Waals surface area contributed by atoms with Gasteiger partial charge in [-0.1, -0.05) is 37.3 Å². The molecule has 0 aliphatic carbocycles. The van der Waals surface area contributed by atoms with Crippen LogP contribution in [0.2, 0.25) is 0 Å². The molecular formula is C20H25N3O2. The van der Waals surface area contributed by atoms with Crippen molar-refractivity contribution in [3.63, 3.8) is 0 Å². The van der Waals surface area contributed by atoms with Crippen LogP contribution in [0, 0.1) is 0 Å². The second kappa shape index (κ2) is 9.47. The Balaban J connectivity index is 1.86. The Morgan fingerprint density at radius 1 is 0.920 bits per heavy atom. The van der Waals surface area contributed by atoms with E-state index in [1.807, 2.05) is 25.1 Å². The molecule has 0 radical (unpaired) electrons. The van der Waals surface area contributed by atoms with Gasteiger partial charge in [-0.3, -0.25) is 4.79 Å². The molecule has 132 valence electrons. The van der Waals surface area contributed by atoms with Gasteiger partial charge in [0.1, 0.15) is 0 Å². The van der Waals surface area contributed by atoms with E-state index in [4.69, 9.17) is 0 Å². The smallest absolute Gasteiger partial charge is 0.319 e. The number of carbonyl (C=O) groups is 2. The highest BCUT2D eigenvalue weighted by Crippen LogP contribution is 2.18. The zero-order valence-electron chi connectivity index (χ0n) is 14.7. The molecule has 3 N–H and O–H groups in total. The van der Waals surface area contributed by atoms with Crippen molar-refractivity contribution in [3.05, 3.63) is 65.7 Å². The number of urea groups is 1. The van der Waals surface area contributed by atoms with Gasteiger partial charge in [-0.25, -0.2) is 4.79 Å². The van der Waals surface area contributed by atoms with Crippen LogP contribution in [-0.4, -0.2) is 25.0 Å². The first-order valence-corrected chi connectivity index (χ1v) is 8.62. The van der Waals surface area contributed by atoms with Crippen LogP contribution in [0.15, 0.2) is 54.6 Å². The van der Waals surface area contributed by atoms with E-state index in [0.29, 0.717) is 24.3 Å². The van der Waals surface area contributed by atoms with Crippen molar-refractivity contribution in [2.24, 2.45) is 0 Å². The van der Waals surface area contributed by atoms with E-state index >= 15 is 0 Å². The lowest BCUT2D eigenvalue weighted by molar-refractivity contribution is 0.0956. The fraction of sp³-hybridized carbons (Fsp3) is 0.300. The minimum atomic E-state index is -0.250. The predicted octanol–water partition coefficient (Wildman–Crippen LogP) is 3.75. The first-order chi connectivity index (χ1) is 12.1. The van der Waals surface area contributed by atoms with Crippen molar-refractivity contribution < 1.29 is 9.59 Å². The second-order valence-electron chi connectivity index (χ2n) is 5.79. The van der Waals surface area contributed by atoms with Crippen molar-refractivity contribution in [3.8, 4) is 0 Å². The van der Waals surface area contributed by atoms with Gasteiger partial charge >= 0.3 is 6.03 Å². The summed E-state index contributed by atoms with van der Waals surface area (Å²) in [5.74, 6) is 0.166. The fourth-order valence-corrected chi connectivity index (χ4v) is 2.58. The van der Waals surface area contributed by atoms with Crippen molar-refractivity contribution in [1.29, 1.82) is 0 Å². The highest BCUT2D eigenvalue weighted by atomic mass is 16.2. The average Bonchev–Trinajstić information content (AvgIpc) is 2.64. The van der Waals surface area contributed by atoms with Crippen LogP contribution in [0.5, 0.6) is 0 Å². The Hall–Kier alpha value is -2.82. The molecule has 0 aliphatic rings. The second-order valence-corrected chi connectivity index (χ2v) is 5.79. The molecule has 0 fully saturated rings. The van der Waals surface area contributed by atoms with Crippen LogP contribution >= 0.6 is 0 Å². The zero-order valence-corrected chi connectivity index (χ0v) is 14.7. The first-order valence-electron chi connectivity index (χ1n) is 8.62. The van der Waals surface area contributed by atoms with E-state index in [9.17, 15) is 9.59 Å². The number of nitrogens with one attached hydrogen (secondary N) is 3. The lowest BCUT2D eigenvalue weighted by Crippen LogP contribution is -2.32. The Labute approximate surface area is 148 Å². The van der Waals surface area contributed by atoms with Crippen molar-refractivity contribution in [2.45, 2.75) is 26.2 Å². The molecule has 0 heterocycles. The van der Waals surface area contributed by atoms with E-state index in [1.165, 1.54) is 5.56 Å². The fourth-order valence-electron chi connectivity index (χ4n) is 2.58. The molecule has 1 atom stereocenters. The summed E-state index contributed by atoms with van der Waals surface area (Å²) in [6, 6.07) is 16.7. The molecule has 2 aromatic rings. The minimum Gasteiger partial charge on any atom is -0.352 e. The zero-order chi connectivity index (χ0) is 18.1. The largest absolute Gasteiger partial charge is 0.352 e. The molecule has 2 aromatic carbocycles. The summed E-state index contributed by atoms with van der Waals surface area (Å²) in [6.45, 7) is 5.14. The first kappa shape index (κ1) is 18.5. The number of benzene rings is 2. The average molecular weight is 339 g/mol. The Bertz CT molecular complexity index is 684. The molecule has 0 spiro atoms. The number of carbonyl (C=O) groups excluding carboxylic acids is 2. The highest BCUT2D eigenvalue weighted by Gasteiger charge is 2.11. The van der Waals surface area contributed by atoms with Crippen LogP contribution < -0.4 is 16.0 Å². The van der Waals surface area contributed by atoms with Crippen molar-refractivity contribution in [2.75, 3.05) is 18.4 Å². The highest BCUT2D eigenvalue weighted by molar-refractivity contribution is 5.95. The summed E-state index contributed by atoms with van der Waals surface area (Å²) in [6.07, 6.45) is 0.950. The Kier molecular flexibility index (Phi) is 7.01. The molecule has 0 bridgehead atoms. The molecule has 2 rings (SSSR count). The molecule has 3 amide bonds. The lowest BCUT2D eigenvalue weighted by Gasteiger charge is -2.16. The van der Waals surface area contributed by atoms with Gasteiger partial charge in [0, 0.05) is 30.3 Å². The van der Waals surface area contributed by atoms with E-state index in [1.54, 1.807) is 24.3 Å². The van der Waals surface area contributed by atoms with E-state index in [2.05, 4.69) is 35.0 Å². The van der Waals surface area contributed by atoms with Gasteiger partial charge in [0.25, 0.3) is 5.91 Å². The summed E-state index contributed by atoms with van der Waals surface area (Å²) in [5, 5.41) is 8.44. The molecule has 25 heavy (non-hydrogen) atoms. The van der Waals surface area contributed by atoms with E-state index in [-0.39, 0.29) is 17.9 Å². The Morgan fingerprint density at radius 3 is 2.20 bits per heavy atom. The van der Waals surface area contributed by atoms with Crippen LogP contribution in [0.4, 0.5) is 10.5 Å². The van der Waals surface area contributed by atoms with Gasteiger partial charge in [0.2, 0.25) is 0 Å². The van der Waals surface area contributed by atoms with E-state index in [0.717, 1.165) is 6.42 Å². The predicted molar refractivity (Wildman–Crippen MR) is 101 cm³/mol. The van der Waals surface area contributed by atoms with Crippen molar-refractivity contribution >= 4 is 17.6 Å². The number of hydrogen-bond acceptors (Lipinski definition) is 2. The van der Waals surface area contributed by atoms with E-state index < -0.39 is 0 Å². The third-order valence-electron chi connectivity index (χ3n) is 4.02. The molecule has 0 saturated heterocycles. The summed E-state index contributed by atoms with van der Waals surface area (Å²) in [5.41, 5.74) is 2.44. The molecule has 0 saturated carbocycles. The number of hydrogen-bond donors (Lipinski definition) is 3. The van der Waals surface area contributed by atoms with Gasteiger partial charge in [-0.15, -0.1) is 0 Å². The van der Waals surface area contributed by atoms with Gasteiger partial charge < -0.3 is 16.0 Å². The van der Waals surface area contributed by atoms with Gasteiger partial charge in [-0.2, -0.15) is 0 Å². The molecular weight excluding hydrogens is 314 g/mol. The Morgan fingerprint density at radius 2 is 1.60 bits per heavy atom.